The predicted octanol–water partition coefficient (Wildman–Crippen LogP) is 0.718. The second kappa shape index (κ2) is 7.37. The third kappa shape index (κ3) is 5.38. The van der Waals surface area contributed by atoms with Gasteiger partial charge < -0.3 is 10.4 Å². The third-order valence-corrected chi connectivity index (χ3v) is 2.85. The number of carboxylic acids is 1. The summed E-state index contributed by atoms with van der Waals surface area (Å²) in [7, 11) is 0. The third-order valence-electron chi connectivity index (χ3n) is 1.92. The van der Waals surface area contributed by atoms with Gasteiger partial charge in [-0.25, -0.2) is 14.6 Å². The molecule has 8 heteroatoms. The molecule has 1 rings (SSSR count). The Morgan fingerprint density at radius 3 is 2.79 bits per heavy atom. The lowest BCUT2D eigenvalue weighted by Crippen LogP contribution is -2.40. The Morgan fingerprint density at radius 2 is 2.16 bits per heavy atom. The number of nitrogens with one attached hydrogen (secondary N) is 2. The molecule has 1 heterocycles. The molecule has 0 fully saturated rings. The first-order valence-electron chi connectivity index (χ1n) is 5.42. The highest BCUT2D eigenvalue weighted by Crippen LogP contribution is 2.15. The molecule has 3 amide bonds. The number of hydrogen-bond donors (Lipinski definition) is 3. The lowest BCUT2D eigenvalue weighted by molar-refractivity contribution is -0.117. The van der Waals surface area contributed by atoms with E-state index in [-0.39, 0.29) is 11.3 Å². The van der Waals surface area contributed by atoms with Gasteiger partial charge in [0.1, 0.15) is 0 Å². The first kappa shape index (κ1) is 15.0. The van der Waals surface area contributed by atoms with E-state index in [0.29, 0.717) is 11.6 Å². The van der Waals surface area contributed by atoms with Crippen molar-refractivity contribution < 1.29 is 19.5 Å². The first-order valence-corrected chi connectivity index (χ1v) is 6.41. The zero-order chi connectivity index (χ0) is 14.3. The maximum absolute atomic E-state index is 11.4. The molecule has 1 aromatic heterocycles. The van der Waals surface area contributed by atoms with Crippen LogP contribution in [0.25, 0.3) is 0 Å². The molecular weight excluding hydrogens is 270 g/mol. The van der Waals surface area contributed by atoms with Gasteiger partial charge in [-0.1, -0.05) is 11.8 Å². The minimum Gasteiger partial charge on any atom is -0.478 e. The van der Waals surface area contributed by atoms with E-state index in [9.17, 15) is 14.4 Å². The number of urea groups is 1. The van der Waals surface area contributed by atoms with Crippen molar-refractivity contribution in [3.8, 4) is 0 Å². The monoisotopic (exact) mass is 283 g/mol. The molecule has 0 bridgehead atoms. The molecule has 0 aliphatic rings. The van der Waals surface area contributed by atoms with Gasteiger partial charge in [-0.3, -0.25) is 10.1 Å². The molecule has 7 nitrogen and oxygen atoms in total. The maximum Gasteiger partial charge on any atom is 0.335 e. The molecule has 0 radical (unpaired) electrons. The van der Waals surface area contributed by atoms with Gasteiger partial charge in [-0.05, 0) is 19.1 Å². The van der Waals surface area contributed by atoms with Crippen LogP contribution in [-0.2, 0) is 4.79 Å². The summed E-state index contributed by atoms with van der Waals surface area (Å²) in [5.74, 6) is -1.55. The van der Waals surface area contributed by atoms with E-state index in [0.717, 1.165) is 11.8 Å². The van der Waals surface area contributed by atoms with E-state index in [1.807, 2.05) is 0 Å². The number of rotatable bonds is 5. The largest absolute Gasteiger partial charge is 0.478 e. The zero-order valence-electron chi connectivity index (χ0n) is 10.2. The van der Waals surface area contributed by atoms with Gasteiger partial charge >= 0.3 is 12.0 Å². The van der Waals surface area contributed by atoms with Crippen LogP contribution in [0.2, 0.25) is 0 Å². The van der Waals surface area contributed by atoms with Crippen molar-refractivity contribution in [1.29, 1.82) is 0 Å². The Hall–Kier alpha value is -2.09. The summed E-state index contributed by atoms with van der Waals surface area (Å²) < 4.78 is 0. The van der Waals surface area contributed by atoms with Gasteiger partial charge in [0.2, 0.25) is 5.91 Å². The topological polar surface area (TPSA) is 108 Å². The maximum atomic E-state index is 11.4. The number of amides is 3. The summed E-state index contributed by atoms with van der Waals surface area (Å²) in [5, 5.41) is 13.8. The van der Waals surface area contributed by atoms with Gasteiger partial charge in [-0.15, -0.1) is 0 Å². The average Bonchev–Trinajstić information content (AvgIpc) is 2.37. The number of carboxylic acid groups (broad SMARTS) is 1. The van der Waals surface area contributed by atoms with Crippen LogP contribution in [0, 0.1) is 0 Å². The van der Waals surface area contributed by atoms with Crippen LogP contribution in [0.4, 0.5) is 4.79 Å². The average molecular weight is 283 g/mol. The van der Waals surface area contributed by atoms with Gasteiger partial charge in [-0.2, -0.15) is 0 Å². The van der Waals surface area contributed by atoms with Crippen molar-refractivity contribution in [3.63, 3.8) is 0 Å². The van der Waals surface area contributed by atoms with Crippen molar-refractivity contribution >= 4 is 29.7 Å². The number of thioether (sulfide) groups is 1. The Bertz CT molecular complexity index is 493. The van der Waals surface area contributed by atoms with Crippen molar-refractivity contribution in [3.05, 3.63) is 23.9 Å². The lowest BCUT2D eigenvalue weighted by atomic mass is 10.3. The summed E-state index contributed by atoms with van der Waals surface area (Å²) in [6, 6.07) is 2.17. The molecule has 0 unspecified atom stereocenters. The van der Waals surface area contributed by atoms with Gasteiger partial charge in [0.15, 0.2) is 0 Å². The highest BCUT2D eigenvalue weighted by molar-refractivity contribution is 7.99. The van der Waals surface area contributed by atoms with E-state index >= 15 is 0 Å². The standard InChI is InChI=1S/C11H13N3O4S/c1-2-12-11(18)14-8(15)6-19-9-5-7(10(16)17)3-4-13-9/h3-5H,2,6H2,1H3,(H,16,17)(H2,12,14,15,18). The highest BCUT2D eigenvalue weighted by Gasteiger charge is 2.09. The van der Waals surface area contributed by atoms with E-state index in [1.165, 1.54) is 18.3 Å². The van der Waals surface area contributed by atoms with E-state index in [4.69, 9.17) is 5.11 Å². The van der Waals surface area contributed by atoms with Crippen molar-refractivity contribution in [2.24, 2.45) is 0 Å². The van der Waals surface area contributed by atoms with Crippen LogP contribution in [-0.4, -0.2) is 40.3 Å². The number of aromatic nitrogens is 1. The van der Waals surface area contributed by atoms with Crippen molar-refractivity contribution in [2.45, 2.75) is 11.9 Å². The molecule has 0 aliphatic carbocycles. The Morgan fingerprint density at radius 1 is 1.42 bits per heavy atom. The van der Waals surface area contributed by atoms with E-state index < -0.39 is 17.9 Å². The molecule has 0 spiro atoms. The molecule has 0 aliphatic heterocycles. The lowest BCUT2D eigenvalue weighted by Gasteiger charge is -2.04. The molecule has 102 valence electrons. The number of pyridine rings is 1. The first-order chi connectivity index (χ1) is 9.02. The summed E-state index contributed by atoms with van der Waals surface area (Å²) in [6.45, 7) is 2.16. The van der Waals surface area contributed by atoms with E-state index in [1.54, 1.807) is 6.92 Å². The molecule has 0 atom stereocenters. The Labute approximate surface area is 113 Å². The minimum absolute atomic E-state index is 0.0206. The van der Waals surface area contributed by atoms with Crippen molar-refractivity contribution in [1.82, 2.24) is 15.6 Å². The Kier molecular flexibility index (Phi) is 5.80. The van der Waals surface area contributed by atoms with Gasteiger partial charge in [0.25, 0.3) is 0 Å². The molecular formula is C11H13N3O4S. The SMILES string of the molecule is CCNC(=O)NC(=O)CSc1cc(C(=O)O)ccn1. The fourth-order valence-electron chi connectivity index (χ4n) is 1.13. The second-order valence-electron chi connectivity index (χ2n) is 3.38. The predicted molar refractivity (Wildman–Crippen MR) is 69.1 cm³/mol. The Balaban J connectivity index is 2.48. The molecule has 0 saturated carbocycles. The summed E-state index contributed by atoms with van der Waals surface area (Å²) in [4.78, 5) is 37.1. The number of imide groups is 1. The fourth-order valence-corrected chi connectivity index (χ4v) is 1.83. The van der Waals surface area contributed by atoms with E-state index in [2.05, 4.69) is 15.6 Å². The van der Waals surface area contributed by atoms with Crippen LogP contribution in [0.15, 0.2) is 23.4 Å². The van der Waals surface area contributed by atoms with Gasteiger partial charge in [0.05, 0.1) is 16.3 Å². The van der Waals surface area contributed by atoms with Gasteiger partial charge in [0, 0.05) is 12.7 Å². The normalized spacial score (nSPS) is 9.74. The summed E-state index contributed by atoms with van der Waals surface area (Å²) >= 11 is 1.05. The van der Waals surface area contributed by atoms with Crippen LogP contribution < -0.4 is 10.6 Å². The zero-order valence-corrected chi connectivity index (χ0v) is 11.0. The molecule has 0 aromatic carbocycles. The van der Waals surface area contributed by atoms with Crippen molar-refractivity contribution in [2.75, 3.05) is 12.3 Å². The summed E-state index contributed by atoms with van der Waals surface area (Å²) in [6.07, 6.45) is 1.35. The van der Waals surface area contributed by atoms with Crippen LogP contribution in [0.1, 0.15) is 17.3 Å². The minimum atomic E-state index is -1.06. The quantitative estimate of drug-likeness (QED) is 0.687. The highest BCUT2D eigenvalue weighted by atomic mass is 32.2. The molecule has 19 heavy (non-hydrogen) atoms. The second-order valence-corrected chi connectivity index (χ2v) is 4.38. The number of carbonyl (C=O) groups is 3. The number of nitrogens with zero attached hydrogens (tertiary/aromatic N) is 1. The number of aromatic carboxylic acids is 1. The molecule has 0 saturated heterocycles. The van der Waals surface area contributed by atoms with Crippen LogP contribution in [0.3, 0.4) is 0 Å². The fraction of sp³-hybridized carbons (Fsp3) is 0.273. The molecule has 1 aromatic rings. The summed E-state index contributed by atoms with van der Waals surface area (Å²) in [5.41, 5.74) is 0.0987. The molecule has 3 N–H and O–H groups in total. The number of carbonyl (C=O) groups excluding carboxylic acids is 2. The number of hydrogen-bond acceptors (Lipinski definition) is 5. The smallest absolute Gasteiger partial charge is 0.335 e. The van der Waals surface area contributed by atoms with Crippen LogP contribution >= 0.6 is 11.8 Å². The van der Waals surface area contributed by atoms with Crippen LogP contribution in [0.5, 0.6) is 0 Å².